The largest absolute Gasteiger partial charge is 0.379 e. The van der Waals surface area contributed by atoms with Gasteiger partial charge in [0.05, 0.1) is 57.5 Å². The van der Waals surface area contributed by atoms with E-state index in [-0.39, 0.29) is 88.7 Å². The van der Waals surface area contributed by atoms with Crippen molar-refractivity contribution in [3.8, 4) is 0 Å². The van der Waals surface area contributed by atoms with Crippen LogP contribution in [-0.2, 0) is 65.2 Å². The van der Waals surface area contributed by atoms with Gasteiger partial charge in [-0.25, -0.2) is 4.98 Å². The standard InChI is InChI=1S/C45H73N10O13PS/c1-28(2)20-35(44(61)52-36(21-32-23-48-27-50-32)43(60)51-30(4)41(58)54-39(40(47)57)29(3)25-69(63,64)65)53-45(62)37-22-33(68-15-9-8-12-31-10-6-5-7-11-31)24-55(37)38(56)13-16-66-18-19-67-17-14-49-42(59)34(46)26-70/h5-7,10-11,23,27-30,33-37,39,70H,8-9,12-22,24-26,46H2,1-4H3,(H2,47,57)(H,48,50)(H,49,59)(H,51,60)(H,52,61)(H,53,62)(H,54,58)(H2,63,64,65)/t29-,30-,33+,34-,35-,36-,37-,39-/m0/s1. The van der Waals surface area contributed by atoms with Crippen LogP contribution in [0.25, 0.3) is 0 Å². The zero-order valence-electron chi connectivity index (χ0n) is 40.4. The fraction of sp³-hybridized carbons (Fsp3) is 0.644. The molecule has 23 nitrogen and oxygen atoms in total. The van der Waals surface area contributed by atoms with E-state index >= 15 is 0 Å². The van der Waals surface area contributed by atoms with E-state index in [1.54, 1.807) is 0 Å². The number of imidazole rings is 1. The number of likely N-dealkylation sites (tertiary alicyclic amines) is 1. The van der Waals surface area contributed by atoms with Gasteiger partial charge in [-0.1, -0.05) is 51.1 Å². The summed E-state index contributed by atoms with van der Waals surface area (Å²) in [4.78, 5) is 120. The minimum Gasteiger partial charge on any atom is -0.379 e. The van der Waals surface area contributed by atoms with E-state index < -0.39 is 91.6 Å². The number of primary amides is 1. The Kier molecular flexibility index (Phi) is 26.1. The van der Waals surface area contributed by atoms with Crippen LogP contribution < -0.4 is 38.1 Å². The molecule has 2 aromatic rings. The zero-order chi connectivity index (χ0) is 51.8. The molecular weight excluding hydrogens is 952 g/mol. The monoisotopic (exact) mass is 1020 g/mol. The van der Waals surface area contributed by atoms with Crippen molar-refractivity contribution in [1.82, 2.24) is 41.5 Å². The molecular formula is C45H73N10O13PS. The lowest BCUT2D eigenvalue weighted by molar-refractivity contribution is -0.140. The highest BCUT2D eigenvalue weighted by molar-refractivity contribution is 7.80. The number of amides is 7. The molecule has 1 saturated heterocycles. The molecule has 2 heterocycles. The third kappa shape index (κ3) is 22.0. The van der Waals surface area contributed by atoms with Gasteiger partial charge < -0.3 is 71.9 Å². The Bertz CT molecular complexity index is 2020. The van der Waals surface area contributed by atoms with Gasteiger partial charge in [0.15, 0.2) is 0 Å². The Morgan fingerprint density at radius 1 is 0.886 bits per heavy atom. The summed E-state index contributed by atoms with van der Waals surface area (Å²) in [6.07, 6.45) is 4.23. The van der Waals surface area contributed by atoms with Gasteiger partial charge in [0.1, 0.15) is 30.2 Å². The van der Waals surface area contributed by atoms with E-state index in [1.807, 2.05) is 32.0 Å². The lowest BCUT2D eigenvalue weighted by Gasteiger charge is -2.28. The first-order chi connectivity index (χ1) is 33.2. The number of nitrogens with zero attached hydrogens (tertiary/aromatic N) is 2. The van der Waals surface area contributed by atoms with Gasteiger partial charge in [0.2, 0.25) is 41.4 Å². The number of hydrogen-bond donors (Lipinski definition) is 11. The van der Waals surface area contributed by atoms with Crippen molar-refractivity contribution in [3.05, 3.63) is 54.1 Å². The average Bonchev–Trinajstić information content (AvgIpc) is 3.99. The third-order valence-electron chi connectivity index (χ3n) is 11.3. The van der Waals surface area contributed by atoms with Gasteiger partial charge >= 0.3 is 7.60 Å². The van der Waals surface area contributed by atoms with Crippen LogP contribution in [0, 0.1) is 11.8 Å². The van der Waals surface area contributed by atoms with Crippen molar-refractivity contribution in [2.24, 2.45) is 23.3 Å². The number of aromatic amines is 1. The molecule has 0 bridgehead atoms. The second kappa shape index (κ2) is 30.7. The number of hydrogen-bond acceptors (Lipinski definition) is 14. The smallest absolute Gasteiger partial charge is 0.325 e. The van der Waals surface area contributed by atoms with Gasteiger partial charge in [-0.3, -0.25) is 38.1 Å². The first-order valence-electron chi connectivity index (χ1n) is 23.5. The molecule has 0 saturated carbocycles. The molecule has 1 aromatic carbocycles. The molecule has 70 heavy (non-hydrogen) atoms. The number of aromatic nitrogens is 2. The summed E-state index contributed by atoms with van der Waals surface area (Å²) in [6, 6.07) is 3.03. The molecule has 0 unspecified atom stereocenters. The Balaban J connectivity index is 1.70. The van der Waals surface area contributed by atoms with E-state index in [2.05, 4.69) is 61.3 Å². The highest BCUT2D eigenvalue weighted by Crippen LogP contribution is 2.37. The summed E-state index contributed by atoms with van der Waals surface area (Å²) in [5.41, 5.74) is 12.7. The van der Waals surface area contributed by atoms with E-state index in [0.717, 1.165) is 19.3 Å². The van der Waals surface area contributed by atoms with Crippen LogP contribution in [0.15, 0.2) is 42.9 Å². The molecule has 0 aliphatic carbocycles. The van der Waals surface area contributed by atoms with Crippen molar-refractivity contribution >= 4 is 61.6 Å². The molecule has 8 atom stereocenters. The van der Waals surface area contributed by atoms with E-state index in [0.29, 0.717) is 12.3 Å². The van der Waals surface area contributed by atoms with E-state index in [1.165, 1.54) is 36.8 Å². The topological polar surface area (TPSA) is 349 Å². The number of nitrogens with two attached hydrogens (primary N) is 2. The number of benzene rings is 1. The highest BCUT2D eigenvalue weighted by atomic mass is 32.1. The van der Waals surface area contributed by atoms with Crippen LogP contribution in [0.3, 0.4) is 0 Å². The molecule has 1 aliphatic rings. The molecule has 0 spiro atoms. The molecule has 1 aromatic heterocycles. The maximum atomic E-state index is 14.3. The van der Waals surface area contributed by atoms with Crippen molar-refractivity contribution in [2.45, 2.75) is 115 Å². The molecule has 7 amide bonds. The number of rotatable bonds is 33. The molecule has 392 valence electrons. The molecule has 25 heteroatoms. The SMILES string of the molecule is CC(C)C[C@H](NC(=O)[C@@H]1C[C@@H](OCCCCc2ccccc2)CN1C(=O)CCOCCOCCNC(=O)[C@@H](N)CS)C(=O)N[C@@H](Cc1cnc[nH]1)C(=O)N[C@@H](C)C(=O)N[C@H](C(N)=O)[C@@H](C)CP(=O)(O)O. The highest BCUT2D eigenvalue weighted by Gasteiger charge is 2.41. The van der Waals surface area contributed by atoms with Crippen molar-refractivity contribution in [1.29, 1.82) is 0 Å². The number of nitrogens with one attached hydrogen (secondary N) is 6. The minimum absolute atomic E-state index is 0.0332. The molecule has 3 rings (SSSR count). The second-order valence-corrected chi connectivity index (χ2v) is 19.8. The summed E-state index contributed by atoms with van der Waals surface area (Å²) in [5, 5.41) is 13.0. The lowest BCUT2D eigenvalue weighted by Crippen LogP contribution is -2.59. The third-order valence-corrected chi connectivity index (χ3v) is 12.7. The van der Waals surface area contributed by atoms with Crippen LogP contribution in [0.1, 0.15) is 71.1 Å². The zero-order valence-corrected chi connectivity index (χ0v) is 42.2. The van der Waals surface area contributed by atoms with Crippen molar-refractivity contribution in [2.75, 3.05) is 58.0 Å². The summed E-state index contributed by atoms with van der Waals surface area (Å²) >= 11 is 4.00. The number of aryl methyl sites for hydroxylation is 1. The Hall–Kier alpha value is -4.94. The van der Waals surface area contributed by atoms with Crippen molar-refractivity contribution in [3.63, 3.8) is 0 Å². The van der Waals surface area contributed by atoms with Crippen LogP contribution >= 0.6 is 20.2 Å². The maximum Gasteiger partial charge on any atom is 0.325 e. The number of thiol groups is 1. The molecule has 12 N–H and O–H groups in total. The summed E-state index contributed by atoms with van der Waals surface area (Å²) in [7, 11) is -4.58. The van der Waals surface area contributed by atoms with Gasteiger partial charge in [0, 0.05) is 50.2 Å². The van der Waals surface area contributed by atoms with Crippen LogP contribution in [0.4, 0.5) is 0 Å². The lowest BCUT2D eigenvalue weighted by atomic mass is 10.0. The summed E-state index contributed by atoms with van der Waals surface area (Å²) in [5.74, 6) is -5.74. The first kappa shape index (κ1) is 59.4. The van der Waals surface area contributed by atoms with E-state index in [9.17, 15) is 47.9 Å². The van der Waals surface area contributed by atoms with E-state index in [4.69, 9.17) is 25.7 Å². The number of carbonyl (C=O) groups is 7. The average molecular weight is 1030 g/mol. The molecule has 1 fully saturated rings. The number of unbranched alkanes of at least 4 members (excludes halogenated alkanes) is 1. The number of H-pyrrole nitrogens is 1. The Morgan fingerprint density at radius 2 is 1.57 bits per heavy atom. The first-order valence-corrected chi connectivity index (χ1v) is 25.9. The fourth-order valence-electron chi connectivity index (χ4n) is 7.55. The summed E-state index contributed by atoms with van der Waals surface area (Å²) in [6.45, 7) is 7.75. The van der Waals surface area contributed by atoms with Crippen LogP contribution in [0.5, 0.6) is 0 Å². The fourth-order valence-corrected chi connectivity index (χ4v) is 8.68. The van der Waals surface area contributed by atoms with Gasteiger partial charge in [-0.2, -0.15) is 12.6 Å². The summed E-state index contributed by atoms with van der Waals surface area (Å²) < 4.78 is 28.9. The number of carbonyl (C=O) groups excluding carboxylic acids is 7. The maximum absolute atomic E-state index is 14.3. The van der Waals surface area contributed by atoms with Crippen LogP contribution in [0.2, 0.25) is 0 Å². The van der Waals surface area contributed by atoms with Gasteiger partial charge in [-0.15, -0.1) is 0 Å². The normalized spacial score (nSPS) is 17.4. The van der Waals surface area contributed by atoms with Crippen molar-refractivity contribution < 1.29 is 62.1 Å². The predicted molar refractivity (Wildman–Crippen MR) is 261 cm³/mol. The van der Waals surface area contributed by atoms with Crippen LogP contribution in [-0.4, -0.2) is 166 Å². The predicted octanol–water partition coefficient (Wildman–Crippen LogP) is -0.938. The Labute approximate surface area is 414 Å². The quantitative estimate of drug-likeness (QED) is 0.0234. The molecule has 0 radical (unpaired) electrons. The minimum atomic E-state index is -4.58. The Morgan fingerprint density at radius 3 is 2.20 bits per heavy atom. The molecule has 1 aliphatic heterocycles. The second-order valence-electron chi connectivity index (χ2n) is 17.8. The number of ether oxygens (including phenoxy) is 3. The van der Waals surface area contributed by atoms with Gasteiger partial charge in [-0.05, 0) is 50.0 Å². The van der Waals surface area contributed by atoms with Gasteiger partial charge in [0.25, 0.3) is 0 Å².